The molecule has 30 heavy (non-hydrogen) atoms. The highest BCUT2D eigenvalue weighted by atomic mass is 15.2. The quantitative estimate of drug-likeness (QED) is 0.264. The molecule has 1 aromatic heterocycles. The fraction of sp³-hybridized carbons (Fsp3) is 0.462. The van der Waals surface area contributed by atoms with Crippen molar-refractivity contribution in [3.63, 3.8) is 0 Å². The Morgan fingerprint density at radius 2 is 1.97 bits per heavy atom. The van der Waals surface area contributed by atoms with Crippen LogP contribution in [-0.2, 0) is 0 Å². The number of pyridine rings is 1. The highest BCUT2D eigenvalue weighted by molar-refractivity contribution is 5.83. The summed E-state index contributed by atoms with van der Waals surface area (Å²) in [6.45, 7) is 19.9. The molecule has 0 aromatic carbocycles. The van der Waals surface area contributed by atoms with Gasteiger partial charge in [0.15, 0.2) is 0 Å². The minimum Gasteiger partial charge on any atom is -0.360 e. The molecule has 0 amide bonds. The maximum atomic E-state index is 4.84. The second kappa shape index (κ2) is 12.8. The summed E-state index contributed by atoms with van der Waals surface area (Å²) in [4.78, 5) is 11.7. The molecule has 0 aliphatic carbocycles. The van der Waals surface area contributed by atoms with E-state index in [1.807, 2.05) is 20.8 Å². The number of amidine groups is 1. The van der Waals surface area contributed by atoms with Gasteiger partial charge in [0.1, 0.15) is 11.7 Å². The number of allylic oxidation sites excluding steroid dienone is 6. The fourth-order valence-corrected chi connectivity index (χ4v) is 3.31. The molecule has 0 aliphatic heterocycles. The maximum Gasteiger partial charge on any atom is 0.128 e. The molecular formula is C26H40N4. The van der Waals surface area contributed by atoms with E-state index in [2.05, 4.69) is 93.0 Å². The molecule has 1 N–H and O–H groups in total. The molecule has 1 aromatic rings. The Balaban J connectivity index is 3.00. The topological polar surface area (TPSA) is 40.5 Å². The van der Waals surface area contributed by atoms with Gasteiger partial charge in [-0.25, -0.2) is 9.98 Å². The van der Waals surface area contributed by atoms with Crippen molar-refractivity contribution < 1.29 is 0 Å². The molecule has 4 nitrogen and oxygen atoms in total. The third-order valence-corrected chi connectivity index (χ3v) is 4.72. The average molecular weight is 409 g/mol. The molecule has 0 unspecified atom stereocenters. The second-order valence-electron chi connectivity index (χ2n) is 7.87. The Hall–Kier alpha value is -2.62. The lowest BCUT2D eigenvalue weighted by Crippen LogP contribution is -2.19. The molecule has 1 heterocycles. The smallest absolute Gasteiger partial charge is 0.128 e. The van der Waals surface area contributed by atoms with Crippen LogP contribution in [0.15, 0.2) is 65.0 Å². The number of nitrogens with zero attached hydrogens (tertiary/aromatic N) is 3. The van der Waals surface area contributed by atoms with Crippen LogP contribution >= 0.6 is 0 Å². The lowest BCUT2D eigenvalue weighted by molar-refractivity contribution is 0.768. The summed E-state index contributed by atoms with van der Waals surface area (Å²) in [5, 5.41) is 3.38. The van der Waals surface area contributed by atoms with Gasteiger partial charge in [-0.2, -0.15) is 0 Å². The predicted molar refractivity (Wildman–Crippen MR) is 134 cm³/mol. The average Bonchev–Trinajstić information content (AvgIpc) is 2.69. The van der Waals surface area contributed by atoms with Crippen LogP contribution in [0.4, 0.5) is 5.82 Å². The van der Waals surface area contributed by atoms with Gasteiger partial charge in [0, 0.05) is 19.3 Å². The van der Waals surface area contributed by atoms with Crippen molar-refractivity contribution in [1.29, 1.82) is 0 Å². The van der Waals surface area contributed by atoms with Gasteiger partial charge in [-0.3, -0.25) is 0 Å². The van der Waals surface area contributed by atoms with Gasteiger partial charge >= 0.3 is 0 Å². The van der Waals surface area contributed by atoms with Crippen LogP contribution < -0.4 is 10.2 Å². The number of hydrogen-bond donors (Lipinski definition) is 1. The normalized spacial score (nSPS) is 13.6. The second-order valence-corrected chi connectivity index (χ2v) is 7.87. The van der Waals surface area contributed by atoms with E-state index in [1.54, 1.807) is 0 Å². The van der Waals surface area contributed by atoms with Gasteiger partial charge < -0.3 is 10.2 Å². The highest BCUT2D eigenvalue weighted by Gasteiger charge is 2.08. The first-order valence-corrected chi connectivity index (χ1v) is 11.0. The zero-order valence-electron chi connectivity index (χ0n) is 20.2. The van der Waals surface area contributed by atoms with Crippen LogP contribution in [0.1, 0.15) is 67.0 Å². The molecule has 1 rings (SSSR count). The predicted octanol–water partition coefficient (Wildman–Crippen LogP) is 6.75. The van der Waals surface area contributed by atoms with Gasteiger partial charge in [-0.1, -0.05) is 52.5 Å². The Morgan fingerprint density at radius 1 is 1.27 bits per heavy atom. The van der Waals surface area contributed by atoms with Crippen LogP contribution in [0, 0.1) is 5.92 Å². The minimum absolute atomic E-state index is 0.407. The molecule has 0 aliphatic rings. The van der Waals surface area contributed by atoms with E-state index in [9.17, 15) is 0 Å². The SMILES string of the molecule is C=C(N=C(C)N/C(C)=C/C(=C\C)c1cccc(N(C)CCC)n1)/C(=C\CC)C(C)C. The van der Waals surface area contributed by atoms with Crippen molar-refractivity contribution >= 4 is 17.2 Å². The van der Waals surface area contributed by atoms with Crippen LogP contribution in [0.3, 0.4) is 0 Å². The van der Waals surface area contributed by atoms with Crippen molar-refractivity contribution in [2.45, 2.75) is 61.3 Å². The molecule has 0 saturated heterocycles. The molecule has 4 heteroatoms. The third-order valence-electron chi connectivity index (χ3n) is 4.72. The summed E-state index contributed by atoms with van der Waals surface area (Å²) in [6, 6.07) is 6.17. The largest absolute Gasteiger partial charge is 0.360 e. The first-order valence-electron chi connectivity index (χ1n) is 11.0. The Morgan fingerprint density at radius 3 is 2.53 bits per heavy atom. The van der Waals surface area contributed by atoms with E-state index < -0.39 is 0 Å². The molecule has 164 valence electrons. The molecule has 0 atom stereocenters. The molecule has 0 saturated carbocycles. The van der Waals surface area contributed by atoms with E-state index in [-0.39, 0.29) is 0 Å². The van der Waals surface area contributed by atoms with Gasteiger partial charge in [0.2, 0.25) is 0 Å². The Bertz CT molecular complexity index is 825. The fourth-order valence-electron chi connectivity index (χ4n) is 3.31. The monoisotopic (exact) mass is 408 g/mol. The van der Waals surface area contributed by atoms with Crippen LogP contribution in [0.5, 0.6) is 0 Å². The maximum absolute atomic E-state index is 4.84. The summed E-state index contributed by atoms with van der Waals surface area (Å²) in [7, 11) is 2.08. The zero-order chi connectivity index (χ0) is 22.7. The van der Waals surface area contributed by atoms with E-state index in [0.717, 1.165) is 53.7 Å². The first kappa shape index (κ1) is 25.4. The first-order chi connectivity index (χ1) is 14.2. The van der Waals surface area contributed by atoms with Gasteiger partial charge in [0.25, 0.3) is 0 Å². The minimum atomic E-state index is 0.407. The van der Waals surface area contributed by atoms with E-state index in [0.29, 0.717) is 5.92 Å². The summed E-state index contributed by atoms with van der Waals surface area (Å²) in [6.07, 6.45) is 8.48. The lowest BCUT2D eigenvalue weighted by Gasteiger charge is -2.18. The van der Waals surface area contributed by atoms with Crippen molar-refractivity contribution in [2.75, 3.05) is 18.5 Å². The Labute approximate surface area is 184 Å². The Kier molecular flexibility index (Phi) is 10.9. The summed E-state index contributed by atoms with van der Waals surface area (Å²) >= 11 is 0. The van der Waals surface area contributed by atoms with Crippen LogP contribution in [-0.4, -0.2) is 24.4 Å². The van der Waals surface area contributed by atoms with E-state index >= 15 is 0 Å². The number of nitrogens with one attached hydrogen (secondary N) is 1. The molecular weight excluding hydrogens is 368 g/mol. The van der Waals surface area contributed by atoms with Crippen molar-refractivity contribution in [3.8, 4) is 0 Å². The summed E-state index contributed by atoms with van der Waals surface area (Å²) < 4.78 is 0. The van der Waals surface area contributed by atoms with E-state index in [4.69, 9.17) is 4.98 Å². The van der Waals surface area contributed by atoms with Crippen LogP contribution in [0.25, 0.3) is 5.57 Å². The van der Waals surface area contributed by atoms with Crippen molar-refractivity contribution in [1.82, 2.24) is 10.3 Å². The molecule has 0 spiro atoms. The molecule has 0 radical (unpaired) electrons. The van der Waals surface area contributed by atoms with Gasteiger partial charge in [0.05, 0.1) is 11.4 Å². The standard InChI is InChI=1S/C26H40N4/c1-10-14-24(19(4)5)21(7)28-22(8)27-20(6)18-23(12-3)25-15-13-16-26(29-25)30(9)17-11-2/h12-16,18-19H,7,10-11,17H2,1-6,8-9H3,(H,27,28)/b20-18+,23-12+,24-14-. The van der Waals surface area contributed by atoms with Gasteiger partial charge in [-0.15, -0.1) is 0 Å². The highest BCUT2D eigenvalue weighted by Crippen LogP contribution is 2.21. The zero-order valence-corrected chi connectivity index (χ0v) is 20.2. The number of hydrogen-bond acceptors (Lipinski definition) is 3. The number of aliphatic imine (C=N–C) groups is 1. The van der Waals surface area contributed by atoms with Crippen LogP contribution in [0.2, 0.25) is 0 Å². The van der Waals surface area contributed by atoms with Crippen molar-refractivity contribution in [3.05, 3.63) is 65.7 Å². The molecule has 0 bridgehead atoms. The summed E-state index contributed by atoms with van der Waals surface area (Å²) in [5.74, 6) is 2.23. The number of aromatic nitrogens is 1. The molecule has 0 fully saturated rings. The summed E-state index contributed by atoms with van der Waals surface area (Å²) in [5.41, 5.74) is 5.07. The number of rotatable bonds is 10. The van der Waals surface area contributed by atoms with E-state index in [1.165, 1.54) is 5.57 Å². The van der Waals surface area contributed by atoms with Gasteiger partial charge in [-0.05, 0) is 68.9 Å². The number of anilines is 1. The lowest BCUT2D eigenvalue weighted by atomic mass is 10.00. The third kappa shape index (κ3) is 8.02. The van der Waals surface area contributed by atoms with Crippen molar-refractivity contribution in [2.24, 2.45) is 10.9 Å².